The van der Waals surface area contributed by atoms with E-state index in [0.717, 1.165) is 30.6 Å². The standard InChI is InChI=1S/C16H25N3O/c1-18-9-3-4-15(12-18)19(2)16(20)10-13-5-7-14(11-17)8-6-13/h5-8,15H,3-4,9-12,17H2,1-2H3. The molecule has 1 heterocycles. The van der Waals surface area contributed by atoms with E-state index < -0.39 is 0 Å². The minimum atomic E-state index is 0.200. The first-order valence-electron chi connectivity index (χ1n) is 7.32. The maximum atomic E-state index is 12.4. The lowest BCUT2D eigenvalue weighted by atomic mass is 10.0. The Balaban J connectivity index is 1.92. The minimum Gasteiger partial charge on any atom is -0.341 e. The van der Waals surface area contributed by atoms with Gasteiger partial charge < -0.3 is 15.5 Å². The summed E-state index contributed by atoms with van der Waals surface area (Å²) in [5.74, 6) is 0.200. The number of hydrogen-bond acceptors (Lipinski definition) is 3. The second-order valence-corrected chi connectivity index (χ2v) is 5.76. The van der Waals surface area contributed by atoms with Gasteiger partial charge in [0.15, 0.2) is 0 Å². The average Bonchev–Trinajstić information content (AvgIpc) is 2.47. The Morgan fingerprint density at radius 1 is 1.35 bits per heavy atom. The normalized spacial score (nSPS) is 19.9. The summed E-state index contributed by atoms with van der Waals surface area (Å²) in [6.45, 7) is 2.66. The molecular weight excluding hydrogens is 250 g/mol. The number of hydrogen-bond donors (Lipinski definition) is 1. The van der Waals surface area contributed by atoms with Gasteiger partial charge in [-0.3, -0.25) is 4.79 Å². The Labute approximate surface area is 121 Å². The molecular formula is C16H25N3O. The summed E-state index contributed by atoms with van der Waals surface area (Å²) in [7, 11) is 4.05. The van der Waals surface area contributed by atoms with Gasteiger partial charge in [-0.2, -0.15) is 0 Å². The van der Waals surface area contributed by atoms with Crippen LogP contribution in [0.3, 0.4) is 0 Å². The Morgan fingerprint density at radius 3 is 2.60 bits per heavy atom. The fourth-order valence-electron chi connectivity index (χ4n) is 2.75. The largest absolute Gasteiger partial charge is 0.341 e. The maximum Gasteiger partial charge on any atom is 0.227 e. The Morgan fingerprint density at radius 2 is 2.00 bits per heavy atom. The lowest BCUT2D eigenvalue weighted by molar-refractivity contribution is -0.132. The number of piperidine rings is 1. The molecule has 0 radical (unpaired) electrons. The Hall–Kier alpha value is -1.39. The smallest absolute Gasteiger partial charge is 0.227 e. The first-order chi connectivity index (χ1) is 9.60. The van der Waals surface area contributed by atoms with Gasteiger partial charge in [0, 0.05) is 26.2 Å². The average molecular weight is 275 g/mol. The van der Waals surface area contributed by atoms with Crippen molar-refractivity contribution in [1.29, 1.82) is 0 Å². The van der Waals surface area contributed by atoms with E-state index in [2.05, 4.69) is 11.9 Å². The van der Waals surface area contributed by atoms with Crippen LogP contribution in [0.2, 0.25) is 0 Å². The third kappa shape index (κ3) is 3.81. The topological polar surface area (TPSA) is 49.6 Å². The first kappa shape index (κ1) is 15.0. The number of likely N-dealkylation sites (tertiary alicyclic amines) is 1. The molecule has 20 heavy (non-hydrogen) atoms. The van der Waals surface area contributed by atoms with Crippen LogP contribution >= 0.6 is 0 Å². The summed E-state index contributed by atoms with van der Waals surface area (Å²) < 4.78 is 0. The maximum absolute atomic E-state index is 12.4. The number of amides is 1. The summed E-state index contributed by atoms with van der Waals surface area (Å²) in [6, 6.07) is 8.35. The molecule has 0 saturated carbocycles. The van der Waals surface area contributed by atoms with Crippen molar-refractivity contribution in [3.8, 4) is 0 Å². The van der Waals surface area contributed by atoms with Crippen molar-refractivity contribution in [2.45, 2.75) is 31.8 Å². The summed E-state index contributed by atoms with van der Waals surface area (Å²) in [4.78, 5) is 16.6. The van der Waals surface area contributed by atoms with E-state index in [-0.39, 0.29) is 5.91 Å². The van der Waals surface area contributed by atoms with E-state index in [1.54, 1.807) is 0 Å². The van der Waals surface area contributed by atoms with Crippen LogP contribution in [0.25, 0.3) is 0 Å². The third-order valence-corrected chi connectivity index (χ3v) is 4.15. The highest BCUT2D eigenvalue weighted by Gasteiger charge is 2.24. The fourth-order valence-corrected chi connectivity index (χ4v) is 2.75. The van der Waals surface area contributed by atoms with Crippen molar-refractivity contribution in [2.24, 2.45) is 5.73 Å². The van der Waals surface area contributed by atoms with Crippen molar-refractivity contribution in [1.82, 2.24) is 9.80 Å². The molecule has 2 N–H and O–H groups in total. The molecule has 1 saturated heterocycles. The first-order valence-corrected chi connectivity index (χ1v) is 7.32. The molecule has 4 nitrogen and oxygen atoms in total. The van der Waals surface area contributed by atoms with Gasteiger partial charge in [0.25, 0.3) is 0 Å². The second-order valence-electron chi connectivity index (χ2n) is 5.76. The highest BCUT2D eigenvalue weighted by atomic mass is 16.2. The van der Waals surface area contributed by atoms with Gasteiger partial charge in [-0.15, -0.1) is 0 Å². The van der Waals surface area contributed by atoms with Gasteiger partial charge >= 0.3 is 0 Å². The third-order valence-electron chi connectivity index (χ3n) is 4.15. The number of likely N-dealkylation sites (N-methyl/N-ethyl adjacent to an activating group) is 2. The van der Waals surface area contributed by atoms with E-state index in [1.165, 1.54) is 6.42 Å². The fraction of sp³-hybridized carbons (Fsp3) is 0.562. The van der Waals surface area contributed by atoms with E-state index in [0.29, 0.717) is 19.0 Å². The summed E-state index contributed by atoms with van der Waals surface area (Å²) in [5, 5.41) is 0. The Bertz CT molecular complexity index is 444. The van der Waals surface area contributed by atoms with Crippen LogP contribution in [0, 0.1) is 0 Å². The van der Waals surface area contributed by atoms with Gasteiger partial charge in [-0.25, -0.2) is 0 Å². The van der Waals surface area contributed by atoms with Crippen LogP contribution in [0.5, 0.6) is 0 Å². The van der Waals surface area contributed by atoms with Crippen LogP contribution in [0.1, 0.15) is 24.0 Å². The Kier molecular flexibility index (Phi) is 5.15. The molecule has 1 aromatic carbocycles. The van der Waals surface area contributed by atoms with Crippen molar-refractivity contribution in [3.63, 3.8) is 0 Å². The summed E-state index contributed by atoms with van der Waals surface area (Å²) >= 11 is 0. The molecule has 1 aliphatic rings. The monoisotopic (exact) mass is 275 g/mol. The number of rotatable bonds is 4. The van der Waals surface area contributed by atoms with Crippen molar-refractivity contribution >= 4 is 5.91 Å². The molecule has 110 valence electrons. The molecule has 0 bridgehead atoms. The van der Waals surface area contributed by atoms with Gasteiger partial charge in [0.1, 0.15) is 0 Å². The number of nitrogens with zero attached hydrogens (tertiary/aromatic N) is 2. The number of nitrogens with two attached hydrogens (primary N) is 1. The van der Waals surface area contributed by atoms with Gasteiger partial charge in [-0.05, 0) is 37.6 Å². The van der Waals surface area contributed by atoms with Crippen LogP contribution in [-0.4, -0.2) is 48.9 Å². The van der Waals surface area contributed by atoms with Gasteiger partial charge in [0.2, 0.25) is 5.91 Å². The quantitative estimate of drug-likeness (QED) is 0.899. The lowest BCUT2D eigenvalue weighted by Gasteiger charge is -2.36. The van der Waals surface area contributed by atoms with E-state index in [1.807, 2.05) is 36.2 Å². The zero-order valence-corrected chi connectivity index (χ0v) is 12.5. The van der Waals surface area contributed by atoms with Gasteiger partial charge in [0.05, 0.1) is 6.42 Å². The van der Waals surface area contributed by atoms with Crippen LogP contribution in [0.4, 0.5) is 0 Å². The molecule has 1 aliphatic heterocycles. The molecule has 2 rings (SSSR count). The predicted molar refractivity (Wildman–Crippen MR) is 81.3 cm³/mol. The summed E-state index contributed by atoms with van der Waals surface area (Å²) in [6.07, 6.45) is 2.75. The second kappa shape index (κ2) is 6.86. The lowest BCUT2D eigenvalue weighted by Crippen LogP contribution is -2.47. The molecule has 0 aromatic heterocycles. The molecule has 1 atom stereocenters. The van der Waals surface area contributed by atoms with Gasteiger partial charge in [-0.1, -0.05) is 24.3 Å². The van der Waals surface area contributed by atoms with Crippen LogP contribution < -0.4 is 5.73 Å². The number of benzene rings is 1. The molecule has 0 spiro atoms. The SMILES string of the molecule is CN1CCCC(N(C)C(=O)Cc2ccc(CN)cc2)C1. The predicted octanol–water partition coefficient (Wildman–Crippen LogP) is 1.24. The molecule has 1 unspecified atom stereocenters. The zero-order valence-electron chi connectivity index (χ0n) is 12.5. The minimum absolute atomic E-state index is 0.200. The number of carbonyl (C=O) groups excluding carboxylic acids is 1. The molecule has 0 aliphatic carbocycles. The summed E-state index contributed by atoms with van der Waals surface area (Å²) in [5.41, 5.74) is 7.74. The highest BCUT2D eigenvalue weighted by Crippen LogP contribution is 2.15. The van der Waals surface area contributed by atoms with Crippen molar-refractivity contribution in [3.05, 3.63) is 35.4 Å². The number of carbonyl (C=O) groups is 1. The van der Waals surface area contributed by atoms with Crippen molar-refractivity contribution in [2.75, 3.05) is 27.2 Å². The zero-order chi connectivity index (χ0) is 14.5. The van der Waals surface area contributed by atoms with Crippen LogP contribution in [0.15, 0.2) is 24.3 Å². The van der Waals surface area contributed by atoms with E-state index in [9.17, 15) is 4.79 Å². The van der Waals surface area contributed by atoms with E-state index >= 15 is 0 Å². The van der Waals surface area contributed by atoms with E-state index in [4.69, 9.17) is 5.73 Å². The molecule has 4 heteroatoms. The van der Waals surface area contributed by atoms with Crippen LogP contribution in [-0.2, 0) is 17.8 Å². The van der Waals surface area contributed by atoms with Crippen molar-refractivity contribution < 1.29 is 4.79 Å². The molecule has 1 amide bonds. The highest BCUT2D eigenvalue weighted by molar-refractivity contribution is 5.78. The molecule has 1 aromatic rings. The molecule has 1 fully saturated rings.